The summed E-state index contributed by atoms with van der Waals surface area (Å²) in [5.74, 6) is 1.24. The lowest BCUT2D eigenvalue weighted by Crippen LogP contribution is -2.18. The predicted octanol–water partition coefficient (Wildman–Crippen LogP) is 3.03. The van der Waals surface area contributed by atoms with Gasteiger partial charge in [0.05, 0.1) is 17.7 Å². The zero-order valence-electron chi connectivity index (χ0n) is 13.1. The molecule has 0 unspecified atom stereocenters. The normalized spacial score (nSPS) is 11.8. The minimum atomic E-state index is -3.63. The number of hydrogen-bond acceptors (Lipinski definition) is 4. The van der Waals surface area contributed by atoms with E-state index >= 15 is 0 Å². The van der Waals surface area contributed by atoms with E-state index in [1.807, 2.05) is 24.3 Å². The third-order valence-corrected chi connectivity index (χ3v) is 4.14. The number of sulfonamides is 1. The van der Waals surface area contributed by atoms with Gasteiger partial charge in [-0.05, 0) is 47.9 Å². The second-order valence-electron chi connectivity index (χ2n) is 5.44. The standard InChI is InChI=1S/C17H20N2O3S/c1-14(2)13-22-16-10-8-15(9-11-16)12-18-19-23(20,21)17-6-4-3-5-7-17/h3-12,14,19H,13H2,1-2H3/b18-12-. The van der Waals surface area contributed by atoms with Crippen LogP contribution < -0.4 is 9.57 Å². The van der Waals surface area contributed by atoms with Crippen LogP contribution in [0.2, 0.25) is 0 Å². The molecule has 0 bridgehead atoms. The van der Waals surface area contributed by atoms with Gasteiger partial charge in [-0.3, -0.25) is 0 Å². The van der Waals surface area contributed by atoms with Crippen molar-refractivity contribution in [1.82, 2.24) is 4.83 Å². The van der Waals surface area contributed by atoms with Crippen molar-refractivity contribution in [2.45, 2.75) is 18.7 Å². The van der Waals surface area contributed by atoms with Crippen molar-refractivity contribution in [2.75, 3.05) is 6.61 Å². The lowest BCUT2D eigenvalue weighted by atomic mass is 10.2. The van der Waals surface area contributed by atoms with E-state index in [2.05, 4.69) is 23.8 Å². The number of hydrogen-bond donors (Lipinski definition) is 1. The Labute approximate surface area is 137 Å². The quantitative estimate of drug-likeness (QED) is 0.626. The van der Waals surface area contributed by atoms with Gasteiger partial charge in [0.1, 0.15) is 5.75 Å². The van der Waals surface area contributed by atoms with Gasteiger partial charge in [-0.25, -0.2) is 4.83 Å². The SMILES string of the molecule is CC(C)COc1ccc(/C=N\NS(=O)(=O)c2ccccc2)cc1. The molecular weight excluding hydrogens is 312 g/mol. The highest BCUT2D eigenvalue weighted by atomic mass is 32.2. The molecule has 0 amide bonds. The van der Waals surface area contributed by atoms with Gasteiger partial charge in [-0.1, -0.05) is 32.0 Å². The van der Waals surface area contributed by atoms with Crippen LogP contribution >= 0.6 is 0 Å². The highest BCUT2D eigenvalue weighted by Gasteiger charge is 2.10. The molecule has 1 N–H and O–H groups in total. The Morgan fingerprint density at radius 1 is 1.09 bits per heavy atom. The maximum atomic E-state index is 12.0. The number of benzene rings is 2. The van der Waals surface area contributed by atoms with E-state index in [9.17, 15) is 8.42 Å². The fourth-order valence-electron chi connectivity index (χ4n) is 1.74. The zero-order valence-corrected chi connectivity index (χ0v) is 14.0. The van der Waals surface area contributed by atoms with Crippen LogP contribution in [0.4, 0.5) is 0 Å². The van der Waals surface area contributed by atoms with E-state index in [4.69, 9.17) is 4.74 Å². The summed E-state index contributed by atoms with van der Waals surface area (Å²) in [6.07, 6.45) is 1.45. The molecule has 0 heterocycles. The molecule has 5 nitrogen and oxygen atoms in total. The molecular formula is C17H20N2O3S. The number of nitrogens with one attached hydrogen (secondary N) is 1. The van der Waals surface area contributed by atoms with E-state index in [1.165, 1.54) is 18.3 Å². The Balaban J connectivity index is 1.95. The van der Waals surface area contributed by atoms with Crippen molar-refractivity contribution in [3.05, 3.63) is 60.2 Å². The second-order valence-corrected chi connectivity index (χ2v) is 7.10. The average Bonchev–Trinajstić information content (AvgIpc) is 2.55. The van der Waals surface area contributed by atoms with Crippen LogP contribution in [0.1, 0.15) is 19.4 Å². The second kappa shape index (κ2) is 7.78. The first-order valence-corrected chi connectivity index (χ1v) is 8.78. The average molecular weight is 332 g/mol. The molecule has 6 heteroatoms. The van der Waals surface area contributed by atoms with Gasteiger partial charge >= 0.3 is 0 Å². The Morgan fingerprint density at radius 2 is 1.74 bits per heavy atom. The first kappa shape index (κ1) is 17.0. The van der Waals surface area contributed by atoms with Gasteiger partial charge in [0.15, 0.2) is 0 Å². The Hall–Kier alpha value is -2.34. The molecule has 2 rings (SSSR count). The largest absolute Gasteiger partial charge is 0.493 e. The maximum absolute atomic E-state index is 12.0. The van der Waals surface area contributed by atoms with E-state index in [0.717, 1.165) is 11.3 Å². The fraction of sp³-hybridized carbons (Fsp3) is 0.235. The molecule has 0 saturated carbocycles. The van der Waals surface area contributed by atoms with Crippen LogP contribution in [0.15, 0.2) is 64.6 Å². The monoisotopic (exact) mass is 332 g/mol. The van der Waals surface area contributed by atoms with Crippen molar-refractivity contribution < 1.29 is 13.2 Å². The zero-order chi connectivity index (χ0) is 16.7. The molecule has 2 aromatic rings. The molecule has 0 saturated heterocycles. The minimum Gasteiger partial charge on any atom is -0.493 e. The van der Waals surface area contributed by atoms with E-state index < -0.39 is 10.0 Å². The number of nitrogens with zero attached hydrogens (tertiary/aromatic N) is 1. The summed E-state index contributed by atoms with van der Waals surface area (Å²) in [5, 5.41) is 3.79. The fourth-order valence-corrected chi connectivity index (χ4v) is 2.55. The van der Waals surface area contributed by atoms with Crippen molar-refractivity contribution in [2.24, 2.45) is 11.0 Å². The highest BCUT2D eigenvalue weighted by Crippen LogP contribution is 2.12. The summed E-state index contributed by atoms with van der Waals surface area (Å²) >= 11 is 0. The van der Waals surface area contributed by atoms with Crippen LogP contribution in [-0.4, -0.2) is 21.2 Å². The summed E-state index contributed by atoms with van der Waals surface area (Å²) < 4.78 is 29.5. The molecule has 0 fully saturated rings. The summed E-state index contributed by atoms with van der Waals surface area (Å²) in [7, 11) is -3.63. The van der Waals surface area contributed by atoms with Gasteiger partial charge in [-0.2, -0.15) is 13.5 Å². The van der Waals surface area contributed by atoms with Gasteiger partial charge < -0.3 is 4.74 Å². The molecule has 0 spiro atoms. The predicted molar refractivity (Wildman–Crippen MR) is 91.1 cm³/mol. The summed E-state index contributed by atoms with van der Waals surface area (Å²) in [5.41, 5.74) is 0.776. The molecule has 0 aliphatic carbocycles. The molecule has 23 heavy (non-hydrogen) atoms. The molecule has 0 aliphatic heterocycles. The summed E-state index contributed by atoms with van der Waals surface area (Å²) in [4.78, 5) is 2.36. The van der Waals surface area contributed by atoms with Crippen LogP contribution in [0.25, 0.3) is 0 Å². The number of ether oxygens (including phenoxy) is 1. The minimum absolute atomic E-state index is 0.176. The summed E-state index contributed by atoms with van der Waals surface area (Å²) in [6, 6.07) is 15.4. The lowest BCUT2D eigenvalue weighted by molar-refractivity contribution is 0.271. The van der Waals surface area contributed by atoms with Gasteiger partial charge in [-0.15, -0.1) is 0 Å². The van der Waals surface area contributed by atoms with Gasteiger partial charge in [0, 0.05) is 0 Å². The van der Waals surface area contributed by atoms with Crippen LogP contribution in [0.3, 0.4) is 0 Å². The van der Waals surface area contributed by atoms with Gasteiger partial charge in [0.2, 0.25) is 0 Å². The maximum Gasteiger partial charge on any atom is 0.276 e. The van der Waals surface area contributed by atoms with E-state index in [-0.39, 0.29) is 4.90 Å². The van der Waals surface area contributed by atoms with Crippen LogP contribution in [-0.2, 0) is 10.0 Å². The Bertz CT molecular complexity index is 739. The Morgan fingerprint density at radius 3 is 2.35 bits per heavy atom. The summed E-state index contributed by atoms with van der Waals surface area (Å²) in [6.45, 7) is 4.82. The third kappa shape index (κ3) is 5.41. The third-order valence-electron chi connectivity index (χ3n) is 2.90. The van der Waals surface area contributed by atoms with Crippen molar-refractivity contribution >= 4 is 16.2 Å². The van der Waals surface area contributed by atoms with E-state index in [1.54, 1.807) is 18.2 Å². The first-order valence-electron chi connectivity index (χ1n) is 7.30. The van der Waals surface area contributed by atoms with Crippen molar-refractivity contribution in [1.29, 1.82) is 0 Å². The van der Waals surface area contributed by atoms with Crippen molar-refractivity contribution in [3.8, 4) is 5.75 Å². The molecule has 0 aromatic heterocycles. The smallest absolute Gasteiger partial charge is 0.276 e. The van der Waals surface area contributed by atoms with Crippen LogP contribution in [0.5, 0.6) is 5.75 Å². The molecule has 0 aliphatic rings. The molecule has 0 atom stereocenters. The highest BCUT2D eigenvalue weighted by molar-refractivity contribution is 7.89. The molecule has 0 radical (unpaired) electrons. The molecule has 122 valence electrons. The lowest BCUT2D eigenvalue weighted by Gasteiger charge is -2.08. The van der Waals surface area contributed by atoms with E-state index in [0.29, 0.717) is 12.5 Å². The van der Waals surface area contributed by atoms with Crippen molar-refractivity contribution in [3.63, 3.8) is 0 Å². The Kier molecular flexibility index (Phi) is 5.76. The molecule has 2 aromatic carbocycles. The number of hydrazone groups is 1. The van der Waals surface area contributed by atoms with Crippen LogP contribution in [0, 0.1) is 5.92 Å². The number of rotatable bonds is 7. The topological polar surface area (TPSA) is 67.8 Å². The first-order chi connectivity index (χ1) is 11.0. The van der Waals surface area contributed by atoms with Gasteiger partial charge in [0.25, 0.3) is 10.0 Å².